The van der Waals surface area contributed by atoms with Crippen LogP contribution in [0.3, 0.4) is 0 Å². The van der Waals surface area contributed by atoms with E-state index in [-0.39, 0.29) is 0 Å². The van der Waals surface area contributed by atoms with E-state index in [9.17, 15) is 0 Å². The van der Waals surface area contributed by atoms with E-state index < -0.39 is 0 Å². The summed E-state index contributed by atoms with van der Waals surface area (Å²) in [5.74, 6) is 0. The summed E-state index contributed by atoms with van der Waals surface area (Å²) in [6.07, 6.45) is 1.91. The van der Waals surface area contributed by atoms with Crippen LogP contribution in [0.1, 0.15) is 31.0 Å². The number of hydrogen-bond donors (Lipinski definition) is 1. The third-order valence-electron chi connectivity index (χ3n) is 3.29. The molecule has 1 heterocycles. The van der Waals surface area contributed by atoms with E-state index in [1.807, 2.05) is 17.9 Å². The number of rotatable bonds is 4. The van der Waals surface area contributed by atoms with Crippen molar-refractivity contribution in [2.24, 2.45) is 7.05 Å². The molecule has 1 N–H and O–H groups in total. The van der Waals surface area contributed by atoms with Gasteiger partial charge in [0.1, 0.15) is 0 Å². The van der Waals surface area contributed by atoms with Crippen LogP contribution in [0, 0.1) is 6.92 Å². The van der Waals surface area contributed by atoms with Crippen molar-refractivity contribution in [3.8, 4) is 11.3 Å². The maximum Gasteiger partial charge on any atom is 0.0708 e. The van der Waals surface area contributed by atoms with Crippen molar-refractivity contribution in [2.45, 2.75) is 26.8 Å². The van der Waals surface area contributed by atoms with Gasteiger partial charge in [-0.2, -0.15) is 5.10 Å². The van der Waals surface area contributed by atoms with Gasteiger partial charge in [-0.3, -0.25) is 4.68 Å². The smallest absolute Gasteiger partial charge is 0.0708 e. The van der Waals surface area contributed by atoms with E-state index in [0.29, 0.717) is 6.04 Å². The van der Waals surface area contributed by atoms with Gasteiger partial charge >= 0.3 is 0 Å². The molecule has 0 radical (unpaired) electrons. The van der Waals surface area contributed by atoms with Gasteiger partial charge in [0, 0.05) is 18.7 Å². The van der Waals surface area contributed by atoms with Crippen LogP contribution in [0.5, 0.6) is 0 Å². The minimum absolute atomic E-state index is 0.378. The van der Waals surface area contributed by atoms with Crippen molar-refractivity contribution in [2.75, 3.05) is 6.54 Å². The van der Waals surface area contributed by atoms with Crippen molar-refractivity contribution >= 4 is 0 Å². The molecule has 1 atom stereocenters. The lowest BCUT2D eigenvalue weighted by atomic mass is 10.0. The number of benzene rings is 1. The fourth-order valence-corrected chi connectivity index (χ4v) is 2.34. The SMILES string of the molecule is CCNC(C)c1cccc(-c2c(C)cnn2C)c1. The molecule has 0 aliphatic carbocycles. The predicted molar refractivity (Wildman–Crippen MR) is 75.5 cm³/mol. The standard InChI is InChI=1S/C15H21N3/c1-5-16-12(3)13-7-6-8-14(9-13)15-11(2)10-17-18(15)4/h6-10,12,16H,5H2,1-4H3. The molecule has 96 valence electrons. The van der Waals surface area contributed by atoms with Crippen LogP contribution in [0.2, 0.25) is 0 Å². The molecule has 0 bridgehead atoms. The molecule has 3 heteroatoms. The van der Waals surface area contributed by atoms with E-state index in [2.05, 4.69) is 55.5 Å². The lowest BCUT2D eigenvalue weighted by Gasteiger charge is -2.14. The first kappa shape index (κ1) is 12.8. The Bertz CT molecular complexity index is 509. The zero-order valence-electron chi connectivity index (χ0n) is 11.6. The lowest BCUT2D eigenvalue weighted by molar-refractivity contribution is 0.598. The fourth-order valence-electron chi connectivity index (χ4n) is 2.34. The maximum atomic E-state index is 4.30. The minimum Gasteiger partial charge on any atom is -0.310 e. The summed E-state index contributed by atoms with van der Waals surface area (Å²) in [4.78, 5) is 0. The van der Waals surface area contributed by atoms with Crippen molar-refractivity contribution in [1.82, 2.24) is 15.1 Å². The van der Waals surface area contributed by atoms with E-state index in [1.54, 1.807) is 0 Å². The van der Waals surface area contributed by atoms with Crippen molar-refractivity contribution < 1.29 is 0 Å². The Morgan fingerprint density at radius 2 is 2.17 bits per heavy atom. The Hall–Kier alpha value is -1.61. The van der Waals surface area contributed by atoms with Gasteiger partial charge in [-0.15, -0.1) is 0 Å². The van der Waals surface area contributed by atoms with E-state index >= 15 is 0 Å². The molecule has 2 rings (SSSR count). The highest BCUT2D eigenvalue weighted by Gasteiger charge is 2.10. The van der Waals surface area contributed by atoms with E-state index in [0.717, 1.165) is 6.54 Å². The largest absolute Gasteiger partial charge is 0.310 e. The third kappa shape index (κ3) is 2.46. The topological polar surface area (TPSA) is 29.9 Å². The zero-order chi connectivity index (χ0) is 13.1. The highest BCUT2D eigenvalue weighted by atomic mass is 15.3. The molecule has 0 spiro atoms. The summed E-state index contributed by atoms with van der Waals surface area (Å²) in [5.41, 5.74) is 4.95. The summed E-state index contributed by atoms with van der Waals surface area (Å²) < 4.78 is 1.94. The first-order chi connectivity index (χ1) is 8.63. The number of aromatic nitrogens is 2. The molecule has 1 unspecified atom stereocenters. The Kier molecular flexibility index (Phi) is 3.82. The van der Waals surface area contributed by atoms with E-state index in [4.69, 9.17) is 0 Å². The molecule has 3 nitrogen and oxygen atoms in total. The molecule has 1 aromatic carbocycles. The molecular formula is C15H21N3. The fraction of sp³-hybridized carbons (Fsp3) is 0.400. The van der Waals surface area contributed by atoms with Gasteiger partial charge in [0.2, 0.25) is 0 Å². The average molecular weight is 243 g/mol. The van der Waals surface area contributed by atoms with Gasteiger partial charge in [0.05, 0.1) is 11.9 Å². The Morgan fingerprint density at radius 3 is 2.78 bits per heavy atom. The van der Waals surface area contributed by atoms with Crippen LogP contribution < -0.4 is 5.32 Å². The van der Waals surface area contributed by atoms with Crippen molar-refractivity contribution in [3.63, 3.8) is 0 Å². The van der Waals surface area contributed by atoms with Gasteiger partial charge in [0.15, 0.2) is 0 Å². The molecule has 0 aliphatic rings. The molecule has 18 heavy (non-hydrogen) atoms. The van der Waals surface area contributed by atoms with Crippen LogP contribution in [0.15, 0.2) is 30.5 Å². The minimum atomic E-state index is 0.378. The molecular weight excluding hydrogens is 222 g/mol. The maximum absolute atomic E-state index is 4.30. The first-order valence-electron chi connectivity index (χ1n) is 6.45. The predicted octanol–water partition coefficient (Wildman–Crippen LogP) is 3.07. The number of hydrogen-bond acceptors (Lipinski definition) is 2. The summed E-state index contributed by atoms with van der Waals surface area (Å²) in [6.45, 7) is 7.41. The van der Waals surface area contributed by atoms with Crippen LogP contribution >= 0.6 is 0 Å². The molecule has 0 saturated heterocycles. The van der Waals surface area contributed by atoms with Crippen LogP contribution in [-0.4, -0.2) is 16.3 Å². The average Bonchev–Trinajstić information content (AvgIpc) is 2.69. The summed E-state index contributed by atoms with van der Waals surface area (Å²) in [5, 5.41) is 7.75. The lowest BCUT2D eigenvalue weighted by Crippen LogP contribution is -2.17. The second kappa shape index (κ2) is 5.36. The molecule has 0 amide bonds. The van der Waals surface area contributed by atoms with Gasteiger partial charge < -0.3 is 5.32 Å². The highest BCUT2D eigenvalue weighted by Crippen LogP contribution is 2.25. The van der Waals surface area contributed by atoms with Crippen LogP contribution in [0.25, 0.3) is 11.3 Å². The third-order valence-corrected chi connectivity index (χ3v) is 3.29. The first-order valence-corrected chi connectivity index (χ1v) is 6.45. The van der Waals surface area contributed by atoms with Crippen LogP contribution in [-0.2, 0) is 7.05 Å². The Morgan fingerprint density at radius 1 is 1.39 bits per heavy atom. The van der Waals surface area contributed by atoms with Gasteiger partial charge in [-0.1, -0.05) is 25.1 Å². The second-order valence-corrected chi connectivity index (χ2v) is 4.70. The molecule has 0 aliphatic heterocycles. The Balaban J connectivity index is 2.39. The second-order valence-electron chi connectivity index (χ2n) is 4.70. The van der Waals surface area contributed by atoms with Gasteiger partial charge in [0.25, 0.3) is 0 Å². The normalized spacial score (nSPS) is 12.7. The number of nitrogens with one attached hydrogen (secondary N) is 1. The number of nitrogens with zero attached hydrogens (tertiary/aromatic N) is 2. The monoisotopic (exact) mass is 243 g/mol. The molecule has 1 aromatic heterocycles. The van der Waals surface area contributed by atoms with Gasteiger partial charge in [-0.25, -0.2) is 0 Å². The summed E-state index contributed by atoms with van der Waals surface area (Å²) >= 11 is 0. The van der Waals surface area contributed by atoms with Gasteiger partial charge in [-0.05, 0) is 37.6 Å². The van der Waals surface area contributed by atoms with E-state index in [1.165, 1.54) is 22.4 Å². The summed E-state index contributed by atoms with van der Waals surface area (Å²) in [7, 11) is 1.99. The highest BCUT2D eigenvalue weighted by molar-refractivity contribution is 5.63. The summed E-state index contributed by atoms with van der Waals surface area (Å²) in [6, 6.07) is 9.06. The molecule has 2 aromatic rings. The molecule has 0 fully saturated rings. The zero-order valence-corrected chi connectivity index (χ0v) is 11.6. The van der Waals surface area contributed by atoms with Crippen LogP contribution in [0.4, 0.5) is 0 Å². The van der Waals surface area contributed by atoms with Crippen molar-refractivity contribution in [1.29, 1.82) is 0 Å². The number of aryl methyl sites for hydroxylation is 2. The quantitative estimate of drug-likeness (QED) is 0.894. The molecule has 0 saturated carbocycles. The Labute approximate surface area is 109 Å². The van der Waals surface area contributed by atoms with Crippen molar-refractivity contribution in [3.05, 3.63) is 41.6 Å².